The highest BCUT2D eigenvalue weighted by Crippen LogP contribution is 2.45. The molecule has 0 aromatic rings. The van der Waals surface area contributed by atoms with Crippen molar-refractivity contribution in [3.8, 4) is 0 Å². The number of carbonyl (C=O) groups is 4. The van der Waals surface area contributed by atoms with Gasteiger partial charge in [-0.3, -0.25) is 37.3 Å². The van der Waals surface area contributed by atoms with Crippen molar-refractivity contribution in [2.24, 2.45) is 5.92 Å². The van der Waals surface area contributed by atoms with Crippen LogP contribution in [0.25, 0.3) is 0 Å². The van der Waals surface area contributed by atoms with Gasteiger partial charge in [0.1, 0.15) is 19.3 Å². The fourth-order valence-electron chi connectivity index (χ4n) is 10.3. The molecule has 0 aromatic carbocycles. The van der Waals surface area contributed by atoms with E-state index in [1.165, 1.54) is 173 Å². The Morgan fingerprint density at radius 1 is 0.322 bits per heavy atom. The van der Waals surface area contributed by atoms with Gasteiger partial charge in [-0.05, 0) is 31.6 Å². The van der Waals surface area contributed by atoms with Gasteiger partial charge >= 0.3 is 39.5 Å². The number of aliphatic hydroxyl groups excluding tert-OH is 1. The van der Waals surface area contributed by atoms with Crippen molar-refractivity contribution in [1.82, 2.24) is 0 Å². The zero-order chi connectivity index (χ0) is 64.2. The summed E-state index contributed by atoms with van der Waals surface area (Å²) in [7, 11) is -9.89. The summed E-state index contributed by atoms with van der Waals surface area (Å²) >= 11 is 0. The van der Waals surface area contributed by atoms with Gasteiger partial charge in [-0.15, -0.1) is 0 Å². The second-order valence-corrected chi connectivity index (χ2v) is 27.7. The van der Waals surface area contributed by atoms with Gasteiger partial charge in [0.2, 0.25) is 0 Å². The third kappa shape index (κ3) is 61.3. The van der Waals surface area contributed by atoms with Crippen molar-refractivity contribution in [3.63, 3.8) is 0 Å². The molecule has 87 heavy (non-hydrogen) atoms. The molecule has 0 rings (SSSR count). The molecule has 0 fully saturated rings. The third-order valence-corrected chi connectivity index (χ3v) is 18.0. The number of carbonyl (C=O) groups excluding carboxylic acids is 4. The molecule has 0 spiro atoms. The van der Waals surface area contributed by atoms with Crippen molar-refractivity contribution in [2.75, 3.05) is 39.6 Å². The highest BCUT2D eigenvalue weighted by molar-refractivity contribution is 7.47. The Labute approximate surface area is 530 Å². The summed E-state index contributed by atoms with van der Waals surface area (Å²) in [5, 5.41) is 10.6. The maximum atomic E-state index is 13.0. The summed E-state index contributed by atoms with van der Waals surface area (Å²) in [6.07, 6.45) is 47.0. The zero-order valence-corrected chi connectivity index (χ0v) is 57.9. The van der Waals surface area contributed by atoms with Gasteiger partial charge in [0.05, 0.1) is 26.4 Å². The van der Waals surface area contributed by atoms with Crippen LogP contribution in [0.2, 0.25) is 0 Å². The largest absolute Gasteiger partial charge is 0.472 e. The molecule has 0 saturated heterocycles. The van der Waals surface area contributed by atoms with E-state index in [0.717, 1.165) is 95.8 Å². The molecule has 0 heterocycles. The van der Waals surface area contributed by atoms with Crippen LogP contribution in [0.3, 0.4) is 0 Å². The number of esters is 4. The van der Waals surface area contributed by atoms with E-state index in [9.17, 15) is 43.2 Å². The SMILES string of the molecule is CCCCCCCCCCCCCCCCC(=O)O[C@H](COC(=O)CCCCCCCCCCC(C)CC)COP(=O)(O)OC[C@@H](O)COP(=O)(O)OC[C@@H](COC(=O)CCCCCCCCCCCC)OC(=O)CCCCCCCCCCCCC. The predicted octanol–water partition coefficient (Wildman–Crippen LogP) is 19.4. The highest BCUT2D eigenvalue weighted by atomic mass is 31.2. The summed E-state index contributed by atoms with van der Waals surface area (Å²) in [6.45, 7) is 7.23. The van der Waals surface area contributed by atoms with E-state index in [4.69, 9.17) is 37.0 Å². The molecule has 0 amide bonds. The van der Waals surface area contributed by atoms with Gasteiger partial charge in [0.15, 0.2) is 12.2 Å². The lowest BCUT2D eigenvalue weighted by Crippen LogP contribution is -2.30. The Kier molecular flexibility index (Phi) is 60.2. The van der Waals surface area contributed by atoms with Crippen molar-refractivity contribution in [1.29, 1.82) is 0 Å². The lowest BCUT2D eigenvalue weighted by molar-refractivity contribution is -0.161. The predicted molar refractivity (Wildman–Crippen MR) is 349 cm³/mol. The number of phosphoric acid groups is 2. The lowest BCUT2D eigenvalue weighted by Gasteiger charge is -2.21. The Bertz CT molecular complexity index is 1690. The first-order chi connectivity index (χ1) is 42.1. The van der Waals surface area contributed by atoms with Gasteiger partial charge in [0.25, 0.3) is 0 Å². The normalized spacial score (nSPS) is 14.4. The molecule has 0 aliphatic carbocycles. The summed E-state index contributed by atoms with van der Waals surface area (Å²) in [5.74, 6) is -1.35. The minimum Gasteiger partial charge on any atom is -0.462 e. The van der Waals surface area contributed by atoms with Crippen molar-refractivity contribution in [3.05, 3.63) is 0 Å². The number of phosphoric ester groups is 2. The molecule has 17 nitrogen and oxygen atoms in total. The van der Waals surface area contributed by atoms with Crippen LogP contribution < -0.4 is 0 Å². The third-order valence-electron chi connectivity index (χ3n) is 16.1. The van der Waals surface area contributed by atoms with E-state index in [0.29, 0.717) is 25.7 Å². The second kappa shape index (κ2) is 61.6. The van der Waals surface area contributed by atoms with Crippen LogP contribution in [0.15, 0.2) is 0 Å². The van der Waals surface area contributed by atoms with Gasteiger partial charge in [-0.2, -0.15) is 0 Å². The summed E-state index contributed by atoms with van der Waals surface area (Å²) in [6, 6.07) is 0. The monoisotopic (exact) mass is 1280 g/mol. The maximum absolute atomic E-state index is 13.0. The first-order valence-electron chi connectivity index (χ1n) is 35.7. The topological polar surface area (TPSA) is 237 Å². The quantitative estimate of drug-likeness (QED) is 0.0222. The van der Waals surface area contributed by atoms with Crippen LogP contribution in [-0.2, 0) is 65.4 Å². The van der Waals surface area contributed by atoms with Gasteiger partial charge < -0.3 is 33.8 Å². The van der Waals surface area contributed by atoms with E-state index in [2.05, 4.69) is 34.6 Å². The second-order valence-electron chi connectivity index (χ2n) is 24.8. The van der Waals surface area contributed by atoms with Gasteiger partial charge in [0, 0.05) is 25.7 Å². The number of unbranched alkanes of at least 4 members (excludes halogenated alkanes) is 39. The molecule has 0 aliphatic rings. The average Bonchev–Trinajstić information content (AvgIpc) is 3.52. The molecule has 0 bridgehead atoms. The highest BCUT2D eigenvalue weighted by Gasteiger charge is 2.30. The minimum absolute atomic E-state index is 0.107. The molecule has 0 aliphatic heterocycles. The number of ether oxygens (including phenoxy) is 4. The van der Waals surface area contributed by atoms with Crippen LogP contribution in [0.1, 0.15) is 349 Å². The van der Waals surface area contributed by atoms with Crippen LogP contribution in [0.5, 0.6) is 0 Å². The van der Waals surface area contributed by atoms with Gasteiger partial charge in [-0.25, -0.2) is 9.13 Å². The fraction of sp³-hybridized carbons (Fsp3) is 0.941. The van der Waals surface area contributed by atoms with Crippen LogP contribution in [-0.4, -0.2) is 96.7 Å². The van der Waals surface area contributed by atoms with E-state index >= 15 is 0 Å². The lowest BCUT2D eigenvalue weighted by atomic mass is 9.99. The summed E-state index contributed by atoms with van der Waals surface area (Å²) in [4.78, 5) is 72.4. The number of hydrogen-bond donors (Lipinski definition) is 3. The van der Waals surface area contributed by atoms with Crippen LogP contribution in [0, 0.1) is 5.92 Å². The Morgan fingerprint density at radius 2 is 0.552 bits per heavy atom. The number of hydrogen-bond acceptors (Lipinski definition) is 15. The maximum Gasteiger partial charge on any atom is 0.472 e. The Balaban J connectivity index is 5.25. The Morgan fingerprint density at radius 3 is 0.816 bits per heavy atom. The Hall–Kier alpha value is -1.94. The molecule has 3 N–H and O–H groups in total. The molecular formula is C68H132O17P2. The fourth-order valence-corrected chi connectivity index (χ4v) is 11.8. The van der Waals surface area contributed by atoms with Crippen LogP contribution >= 0.6 is 15.6 Å². The number of aliphatic hydroxyl groups is 1. The van der Waals surface area contributed by atoms with E-state index in [-0.39, 0.29) is 25.7 Å². The molecule has 3 unspecified atom stereocenters. The average molecular weight is 1280 g/mol. The van der Waals surface area contributed by atoms with Crippen molar-refractivity contribution >= 4 is 39.5 Å². The molecule has 0 radical (unpaired) electrons. The van der Waals surface area contributed by atoms with Crippen molar-refractivity contribution < 1.29 is 80.2 Å². The standard InChI is InChI=1S/C68H132O17P2/c1-6-10-13-16-19-22-25-26-27-29-32-39-44-49-54-68(73)85-64(58-79-66(71)52-47-42-37-34-33-35-40-45-50-61(5)9-4)60-83-87(76,77)81-56-62(69)55-80-86(74,75)82-59-63(57-78-65(70)51-46-41-36-30-24-21-18-15-12-8-3)84-67(72)53-48-43-38-31-28-23-20-17-14-11-7-2/h61-64,69H,6-60H2,1-5H3,(H,74,75)(H,76,77)/t61?,62-,63+,64+/m0/s1. The molecule has 6 atom stereocenters. The first-order valence-corrected chi connectivity index (χ1v) is 38.7. The summed E-state index contributed by atoms with van der Waals surface area (Å²) in [5.41, 5.74) is 0. The minimum atomic E-state index is -4.95. The van der Waals surface area contributed by atoms with E-state index < -0.39 is 97.5 Å². The summed E-state index contributed by atoms with van der Waals surface area (Å²) < 4.78 is 68.2. The molecule has 0 saturated carbocycles. The number of rotatable bonds is 68. The van der Waals surface area contributed by atoms with E-state index in [1.54, 1.807) is 0 Å². The molecule has 516 valence electrons. The molecule has 0 aromatic heterocycles. The van der Waals surface area contributed by atoms with Crippen LogP contribution in [0.4, 0.5) is 0 Å². The van der Waals surface area contributed by atoms with E-state index in [1.807, 2.05) is 0 Å². The smallest absolute Gasteiger partial charge is 0.462 e. The zero-order valence-electron chi connectivity index (χ0n) is 56.2. The van der Waals surface area contributed by atoms with Crippen molar-refractivity contribution in [2.45, 2.75) is 368 Å². The molecular weight excluding hydrogens is 1150 g/mol. The first kappa shape index (κ1) is 85.1. The van der Waals surface area contributed by atoms with Gasteiger partial charge in [-0.1, -0.05) is 298 Å². The molecule has 19 heteroatoms.